The molecular weight excluding hydrogens is 555 g/mol. The molecule has 2 aromatic carbocycles. The van der Waals surface area contributed by atoms with Gasteiger partial charge in [-0.15, -0.1) is 0 Å². The van der Waals surface area contributed by atoms with E-state index in [1.807, 2.05) is 14.0 Å². The number of unbranched alkanes of at least 4 members (excludes halogenated alkanes) is 1. The minimum absolute atomic E-state index is 0.104. The lowest BCUT2D eigenvalue weighted by molar-refractivity contribution is -0.765. The van der Waals surface area contributed by atoms with E-state index in [1.54, 1.807) is 11.1 Å². The molecule has 0 N–H and O–H groups in total. The van der Waals surface area contributed by atoms with Crippen LogP contribution in [0.15, 0.2) is 66.2 Å². The number of aryl methyl sites for hydroxylation is 1. The minimum Gasteiger partial charge on any atom is -0.263 e. The van der Waals surface area contributed by atoms with Crippen LogP contribution in [0.4, 0.5) is 4.39 Å². The van der Waals surface area contributed by atoms with Gasteiger partial charge in [-0.3, -0.25) is 5.01 Å². The van der Waals surface area contributed by atoms with Gasteiger partial charge in [-0.2, -0.15) is 9.67 Å². The maximum absolute atomic E-state index is 16.4. The van der Waals surface area contributed by atoms with Crippen LogP contribution in [0, 0.1) is 5.82 Å². The normalized spacial score (nSPS) is 21.6. The topological polar surface area (TPSA) is 22.5 Å². The Morgan fingerprint density at radius 3 is 2.44 bits per heavy atom. The first-order valence-electron chi connectivity index (χ1n) is 16.9. The third-order valence-electron chi connectivity index (χ3n) is 11.5. The molecule has 0 saturated carbocycles. The van der Waals surface area contributed by atoms with Crippen molar-refractivity contribution in [2.24, 2.45) is 5.10 Å². The monoisotopic (exact) mass is 608 g/mol. The summed E-state index contributed by atoms with van der Waals surface area (Å²) < 4.78 is 21.2. The van der Waals surface area contributed by atoms with Crippen molar-refractivity contribution in [3.63, 3.8) is 0 Å². The standard InChI is InChI=1S/C40H53FN4/c1-12-16-17-29-25-30-20-23-45-37-34(30)32(26-29)38(7,8)36-33(41)19-18-31(35(36)37)40(15-4,39(45,9)14-3)21-24-44(22-13-2)28(6)27(5)43(11)42-10/h13,18-20,22-23,25-26H,5,10,12,14-17,21,24H2,1-4,6-9,11H3/q+2. The molecule has 0 bridgehead atoms. The fraction of sp³-hybridized carbons (Fsp3) is 0.475. The van der Waals surface area contributed by atoms with Crippen LogP contribution in [0.5, 0.6) is 0 Å². The van der Waals surface area contributed by atoms with Crippen LogP contribution in [0.1, 0.15) is 110 Å². The van der Waals surface area contributed by atoms with Crippen molar-refractivity contribution in [3.05, 3.63) is 89.2 Å². The van der Waals surface area contributed by atoms with E-state index in [1.165, 1.54) is 33.2 Å². The molecule has 2 unspecified atom stereocenters. The quantitative estimate of drug-likeness (QED) is 0.114. The third-order valence-corrected chi connectivity index (χ3v) is 11.5. The number of hydrazone groups is 1. The molecule has 0 saturated heterocycles. The molecular formula is C40H53FN4+2. The largest absolute Gasteiger partial charge is 0.263 e. The Hall–Kier alpha value is -3.60. The first kappa shape index (κ1) is 32.8. The molecule has 0 amide bonds. The number of pyridine rings is 1. The lowest BCUT2D eigenvalue weighted by atomic mass is 9.55. The van der Waals surface area contributed by atoms with Gasteiger partial charge in [0.05, 0.1) is 16.4 Å². The first-order valence-corrected chi connectivity index (χ1v) is 16.9. The summed E-state index contributed by atoms with van der Waals surface area (Å²) >= 11 is 0. The highest BCUT2D eigenvalue weighted by molar-refractivity contribution is 6.01. The van der Waals surface area contributed by atoms with Crippen LogP contribution in [0.2, 0.25) is 0 Å². The molecule has 2 atom stereocenters. The number of halogens is 1. The maximum atomic E-state index is 16.4. The maximum Gasteiger partial charge on any atom is 0.221 e. The zero-order chi connectivity index (χ0) is 32.9. The van der Waals surface area contributed by atoms with Crippen molar-refractivity contribution >= 4 is 23.2 Å². The van der Waals surface area contributed by atoms with E-state index in [9.17, 15) is 0 Å². The van der Waals surface area contributed by atoms with E-state index in [-0.39, 0.29) is 16.8 Å². The molecule has 0 radical (unpaired) electrons. The summed E-state index contributed by atoms with van der Waals surface area (Å²) in [6, 6.07) is 11.0. The number of hydrogen-bond acceptors (Lipinski definition) is 2. The zero-order valence-electron chi connectivity index (χ0n) is 29.1. The molecule has 2 aliphatic rings. The molecule has 0 spiro atoms. The summed E-state index contributed by atoms with van der Waals surface area (Å²) in [6.07, 6.45) is 12.6. The lowest BCUT2D eigenvalue weighted by Crippen LogP contribution is -2.69. The number of hydrogen-bond donors (Lipinski definition) is 0. The van der Waals surface area contributed by atoms with Crippen molar-refractivity contribution in [2.75, 3.05) is 13.6 Å². The molecule has 2 heterocycles. The Labute approximate surface area is 270 Å². The second kappa shape index (κ2) is 12.0. The van der Waals surface area contributed by atoms with Crippen LogP contribution >= 0.6 is 0 Å². The van der Waals surface area contributed by atoms with E-state index in [0.29, 0.717) is 0 Å². The smallest absolute Gasteiger partial charge is 0.221 e. The van der Waals surface area contributed by atoms with Crippen LogP contribution in [0.3, 0.4) is 0 Å². The molecule has 1 aliphatic carbocycles. The zero-order valence-corrected chi connectivity index (χ0v) is 29.1. The summed E-state index contributed by atoms with van der Waals surface area (Å²) in [5.41, 5.74) is 7.94. The van der Waals surface area contributed by atoms with Crippen molar-refractivity contribution in [3.8, 4) is 11.3 Å². The van der Waals surface area contributed by atoms with Crippen molar-refractivity contribution in [2.45, 2.75) is 110 Å². The summed E-state index contributed by atoms with van der Waals surface area (Å²) in [5, 5.41) is 8.36. The molecule has 0 fully saturated rings. The van der Waals surface area contributed by atoms with Gasteiger partial charge in [-0.1, -0.05) is 65.8 Å². The summed E-state index contributed by atoms with van der Waals surface area (Å²) in [6.45, 7) is 26.7. The van der Waals surface area contributed by atoms with E-state index in [0.717, 1.165) is 67.6 Å². The third kappa shape index (κ3) is 4.72. The molecule has 1 aromatic heterocycles. The molecule has 4 nitrogen and oxygen atoms in total. The van der Waals surface area contributed by atoms with Crippen molar-refractivity contribution in [1.29, 1.82) is 0 Å². The number of aromatic nitrogens is 1. The Morgan fingerprint density at radius 2 is 1.82 bits per heavy atom. The number of benzene rings is 2. The minimum atomic E-state index is -0.469. The summed E-state index contributed by atoms with van der Waals surface area (Å²) in [4.78, 5) is 0. The molecule has 238 valence electrons. The Bertz CT molecular complexity index is 1740. The van der Waals surface area contributed by atoms with Crippen molar-refractivity contribution in [1.82, 2.24) is 5.01 Å². The van der Waals surface area contributed by atoms with E-state index >= 15 is 4.39 Å². The van der Waals surface area contributed by atoms with Gasteiger partial charge in [0.25, 0.3) is 0 Å². The van der Waals surface area contributed by atoms with Gasteiger partial charge in [0.1, 0.15) is 18.1 Å². The number of rotatable bonds is 12. The van der Waals surface area contributed by atoms with Crippen molar-refractivity contribution < 1.29 is 13.5 Å². The second-order valence-electron chi connectivity index (χ2n) is 13.9. The fourth-order valence-electron chi connectivity index (χ4n) is 8.63. The fourth-order valence-corrected chi connectivity index (χ4v) is 8.63. The highest BCUT2D eigenvalue weighted by atomic mass is 19.1. The number of allylic oxidation sites excluding steroid dienone is 2. The Balaban J connectivity index is 1.81. The predicted molar refractivity (Wildman–Crippen MR) is 188 cm³/mol. The van der Waals surface area contributed by atoms with Gasteiger partial charge >= 0.3 is 0 Å². The lowest BCUT2D eigenvalue weighted by Gasteiger charge is -2.50. The van der Waals surface area contributed by atoms with Crippen LogP contribution in [-0.4, -0.2) is 35.6 Å². The molecule has 5 rings (SSSR count). The average molecular weight is 609 g/mol. The predicted octanol–water partition coefficient (Wildman–Crippen LogP) is 9.16. The van der Waals surface area contributed by atoms with Crippen LogP contribution in [0.25, 0.3) is 22.0 Å². The van der Waals surface area contributed by atoms with Gasteiger partial charge in [-0.25, -0.2) is 8.97 Å². The molecule has 3 aromatic rings. The van der Waals surface area contributed by atoms with E-state index in [2.05, 4.69) is 119 Å². The van der Waals surface area contributed by atoms with Gasteiger partial charge in [-0.05, 0) is 60.4 Å². The van der Waals surface area contributed by atoms with Gasteiger partial charge in [0, 0.05) is 57.5 Å². The van der Waals surface area contributed by atoms with E-state index in [4.69, 9.17) is 0 Å². The number of nitrogens with zero attached hydrogens (tertiary/aromatic N) is 4. The summed E-state index contributed by atoms with van der Waals surface area (Å²) in [7, 11) is 1.88. The summed E-state index contributed by atoms with van der Waals surface area (Å²) in [5.74, 6) is -0.104. The molecule has 45 heavy (non-hydrogen) atoms. The van der Waals surface area contributed by atoms with Gasteiger partial charge in [0.2, 0.25) is 11.4 Å². The highest BCUT2D eigenvalue weighted by Gasteiger charge is 2.61. The van der Waals surface area contributed by atoms with E-state index < -0.39 is 5.41 Å². The van der Waals surface area contributed by atoms with Crippen LogP contribution < -0.4 is 4.57 Å². The average Bonchev–Trinajstić information content (AvgIpc) is 3.04. The molecule has 5 heteroatoms. The second-order valence-corrected chi connectivity index (χ2v) is 13.9. The first-order chi connectivity index (χ1) is 21.4. The van der Waals surface area contributed by atoms with Gasteiger partial charge < -0.3 is 0 Å². The van der Waals surface area contributed by atoms with Crippen LogP contribution in [-0.2, 0) is 22.8 Å². The highest BCUT2D eigenvalue weighted by Crippen LogP contribution is 2.58. The molecule has 1 aliphatic heterocycles. The SMILES string of the molecule is C=NN(C)C(=C)C(C)=[N+](C=CC)CCC1(CC)c2ccc(F)c3c2-c2c4c(cc(CCCC)cc4cc[n+]2C1(C)CC)C3(C)C. The Kier molecular flexibility index (Phi) is 8.72. The van der Waals surface area contributed by atoms with Gasteiger partial charge in [0.15, 0.2) is 17.9 Å². The Morgan fingerprint density at radius 1 is 1.09 bits per heavy atom.